The fourth-order valence-electron chi connectivity index (χ4n) is 2.31. The Morgan fingerprint density at radius 2 is 1.82 bits per heavy atom. The van der Waals surface area contributed by atoms with Crippen molar-refractivity contribution >= 4 is 40.9 Å². The molecule has 2 amide bonds. The van der Waals surface area contributed by atoms with Crippen molar-refractivity contribution in [2.45, 2.75) is 11.7 Å². The summed E-state index contributed by atoms with van der Waals surface area (Å²) >= 11 is 1.09. The van der Waals surface area contributed by atoms with Gasteiger partial charge in [0.25, 0.3) is 5.91 Å². The van der Waals surface area contributed by atoms with E-state index in [1.54, 1.807) is 36.4 Å². The van der Waals surface area contributed by atoms with E-state index in [4.69, 9.17) is 15.9 Å². The Kier molecular flexibility index (Phi) is 6.12. The molecule has 3 rings (SSSR count). The minimum atomic E-state index is -0.327. The van der Waals surface area contributed by atoms with E-state index in [-0.39, 0.29) is 35.7 Å². The average molecular weight is 398 g/mol. The molecule has 0 radical (unpaired) electrons. The highest BCUT2D eigenvalue weighted by Gasteiger charge is 2.14. The standard InChI is InChI=1S/C18H18N6O3S/c19-14-8-15(20)24-18(23-14)28-10-16(25)22-13-6-2-1-5-12(13)17(26)21-9-11-4-3-7-27-11/h1-8H,9-10H2,(H,21,26)(H,22,25)(H4,19,20,23,24). The third-order valence-electron chi connectivity index (χ3n) is 3.53. The van der Waals surface area contributed by atoms with E-state index >= 15 is 0 Å². The lowest BCUT2D eigenvalue weighted by Crippen LogP contribution is -2.25. The number of nitrogen functional groups attached to an aromatic ring is 2. The minimum absolute atomic E-state index is 0.0330. The Morgan fingerprint density at radius 3 is 2.54 bits per heavy atom. The topological polar surface area (TPSA) is 149 Å². The van der Waals surface area contributed by atoms with E-state index in [2.05, 4.69) is 20.6 Å². The van der Waals surface area contributed by atoms with Crippen molar-refractivity contribution in [3.63, 3.8) is 0 Å². The number of rotatable bonds is 7. The second kappa shape index (κ2) is 8.91. The first-order valence-corrected chi connectivity index (χ1v) is 9.22. The number of nitrogens with zero attached hydrogens (tertiary/aromatic N) is 2. The predicted octanol–water partition coefficient (Wildman–Crippen LogP) is 1.89. The van der Waals surface area contributed by atoms with Gasteiger partial charge in [0, 0.05) is 6.07 Å². The molecule has 2 aromatic heterocycles. The summed E-state index contributed by atoms with van der Waals surface area (Å²) in [6, 6.07) is 11.7. The van der Waals surface area contributed by atoms with Crippen molar-refractivity contribution in [3.8, 4) is 0 Å². The largest absolute Gasteiger partial charge is 0.467 e. The highest BCUT2D eigenvalue weighted by atomic mass is 32.2. The van der Waals surface area contributed by atoms with Crippen molar-refractivity contribution in [3.05, 3.63) is 60.1 Å². The molecule has 2 heterocycles. The number of furan rings is 1. The molecule has 0 aliphatic heterocycles. The minimum Gasteiger partial charge on any atom is -0.467 e. The molecule has 9 nitrogen and oxygen atoms in total. The smallest absolute Gasteiger partial charge is 0.253 e. The highest BCUT2D eigenvalue weighted by Crippen LogP contribution is 2.19. The Balaban J connectivity index is 1.60. The number of aromatic nitrogens is 2. The van der Waals surface area contributed by atoms with E-state index < -0.39 is 0 Å². The van der Waals surface area contributed by atoms with Crippen LogP contribution in [0.2, 0.25) is 0 Å². The molecule has 0 saturated heterocycles. The van der Waals surface area contributed by atoms with Crippen LogP contribution in [0.3, 0.4) is 0 Å². The van der Waals surface area contributed by atoms with E-state index in [1.807, 2.05) is 0 Å². The van der Waals surface area contributed by atoms with Gasteiger partial charge in [0.15, 0.2) is 5.16 Å². The number of amides is 2. The monoisotopic (exact) mass is 398 g/mol. The molecule has 6 N–H and O–H groups in total. The van der Waals surface area contributed by atoms with Crippen molar-refractivity contribution in [2.24, 2.45) is 0 Å². The van der Waals surface area contributed by atoms with Crippen LogP contribution in [0.4, 0.5) is 17.3 Å². The van der Waals surface area contributed by atoms with Crippen LogP contribution in [0.5, 0.6) is 0 Å². The summed E-state index contributed by atoms with van der Waals surface area (Å²) in [5.41, 5.74) is 12.0. The molecule has 0 spiro atoms. The molecule has 0 unspecified atom stereocenters. The van der Waals surface area contributed by atoms with Crippen LogP contribution in [-0.2, 0) is 11.3 Å². The Hall–Kier alpha value is -3.53. The number of benzene rings is 1. The predicted molar refractivity (Wildman–Crippen MR) is 107 cm³/mol. The summed E-state index contributed by atoms with van der Waals surface area (Å²) in [5.74, 6) is 0.481. The summed E-state index contributed by atoms with van der Waals surface area (Å²) in [4.78, 5) is 32.7. The van der Waals surface area contributed by atoms with E-state index in [9.17, 15) is 9.59 Å². The zero-order valence-corrected chi connectivity index (χ0v) is 15.5. The van der Waals surface area contributed by atoms with Crippen LogP contribution in [-0.4, -0.2) is 27.5 Å². The van der Waals surface area contributed by atoms with Gasteiger partial charge in [-0.15, -0.1) is 0 Å². The molecule has 0 aliphatic carbocycles. The van der Waals surface area contributed by atoms with Crippen LogP contribution in [0.15, 0.2) is 58.3 Å². The highest BCUT2D eigenvalue weighted by molar-refractivity contribution is 7.99. The number of carbonyl (C=O) groups is 2. The maximum absolute atomic E-state index is 12.4. The maximum Gasteiger partial charge on any atom is 0.253 e. The molecule has 0 fully saturated rings. The van der Waals surface area contributed by atoms with Gasteiger partial charge >= 0.3 is 0 Å². The van der Waals surface area contributed by atoms with Gasteiger partial charge in [0.2, 0.25) is 5.91 Å². The number of nitrogens with two attached hydrogens (primary N) is 2. The number of nitrogens with one attached hydrogen (secondary N) is 2. The SMILES string of the molecule is Nc1cc(N)nc(SCC(=O)Nc2ccccc2C(=O)NCc2ccco2)n1. The van der Waals surface area contributed by atoms with Crippen LogP contribution < -0.4 is 22.1 Å². The quantitative estimate of drug-likeness (QED) is 0.348. The van der Waals surface area contributed by atoms with E-state index in [0.29, 0.717) is 22.2 Å². The fraction of sp³-hybridized carbons (Fsp3) is 0.111. The molecule has 0 aliphatic rings. The Morgan fingerprint density at radius 1 is 1.07 bits per heavy atom. The number of hydrogen-bond donors (Lipinski definition) is 4. The molecule has 1 aromatic carbocycles. The fourth-order valence-corrected chi connectivity index (χ4v) is 2.98. The normalized spacial score (nSPS) is 10.4. The lowest BCUT2D eigenvalue weighted by Gasteiger charge is -2.11. The summed E-state index contributed by atoms with van der Waals surface area (Å²) in [5, 5.41) is 5.77. The third-order valence-corrected chi connectivity index (χ3v) is 4.37. The third kappa shape index (κ3) is 5.24. The van der Waals surface area contributed by atoms with Gasteiger partial charge in [-0.2, -0.15) is 0 Å². The first-order valence-electron chi connectivity index (χ1n) is 8.23. The zero-order valence-electron chi connectivity index (χ0n) is 14.7. The lowest BCUT2D eigenvalue weighted by atomic mass is 10.1. The van der Waals surface area contributed by atoms with Crippen molar-refractivity contribution in [1.82, 2.24) is 15.3 Å². The average Bonchev–Trinajstić information content (AvgIpc) is 3.18. The summed E-state index contributed by atoms with van der Waals surface area (Å²) < 4.78 is 5.19. The van der Waals surface area contributed by atoms with Gasteiger partial charge in [0.05, 0.1) is 29.8 Å². The molecule has 0 bridgehead atoms. The van der Waals surface area contributed by atoms with Gasteiger partial charge in [-0.05, 0) is 24.3 Å². The number of thioether (sulfide) groups is 1. The van der Waals surface area contributed by atoms with Gasteiger partial charge in [-0.25, -0.2) is 9.97 Å². The van der Waals surface area contributed by atoms with Gasteiger partial charge in [-0.3, -0.25) is 9.59 Å². The van der Waals surface area contributed by atoms with Crippen molar-refractivity contribution in [1.29, 1.82) is 0 Å². The number of hydrogen-bond acceptors (Lipinski definition) is 8. The van der Waals surface area contributed by atoms with Crippen LogP contribution in [0, 0.1) is 0 Å². The molecule has 3 aromatic rings. The molecular formula is C18H18N6O3S. The lowest BCUT2D eigenvalue weighted by molar-refractivity contribution is -0.113. The summed E-state index contributed by atoms with van der Waals surface area (Å²) in [6.45, 7) is 0.248. The number of carbonyl (C=O) groups excluding carboxylic acids is 2. The second-order valence-electron chi connectivity index (χ2n) is 5.64. The Bertz CT molecular complexity index is 957. The van der Waals surface area contributed by atoms with Gasteiger partial charge in [0.1, 0.15) is 17.4 Å². The molecule has 144 valence electrons. The van der Waals surface area contributed by atoms with Crippen LogP contribution >= 0.6 is 11.8 Å². The molecule has 10 heteroatoms. The number of anilines is 3. The van der Waals surface area contributed by atoms with Gasteiger partial charge in [-0.1, -0.05) is 23.9 Å². The first kappa shape index (κ1) is 19.2. The molecule has 28 heavy (non-hydrogen) atoms. The summed E-state index contributed by atoms with van der Waals surface area (Å²) in [7, 11) is 0. The first-order chi connectivity index (χ1) is 13.5. The van der Waals surface area contributed by atoms with Crippen molar-refractivity contribution in [2.75, 3.05) is 22.5 Å². The van der Waals surface area contributed by atoms with Crippen LogP contribution in [0.1, 0.15) is 16.1 Å². The molecule has 0 atom stereocenters. The van der Waals surface area contributed by atoms with Crippen molar-refractivity contribution < 1.29 is 14.0 Å². The van der Waals surface area contributed by atoms with E-state index in [1.165, 1.54) is 12.3 Å². The van der Waals surface area contributed by atoms with Gasteiger partial charge < -0.3 is 26.5 Å². The molecular weight excluding hydrogens is 380 g/mol. The van der Waals surface area contributed by atoms with E-state index in [0.717, 1.165) is 11.8 Å². The second-order valence-corrected chi connectivity index (χ2v) is 6.59. The number of para-hydroxylation sites is 1. The van der Waals surface area contributed by atoms with Crippen LogP contribution in [0.25, 0.3) is 0 Å². The zero-order chi connectivity index (χ0) is 19.9. The maximum atomic E-state index is 12.4. The molecule has 0 saturated carbocycles. The Labute approximate surface area is 164 Å². The summed E-state index contributed by atoms with van der Waals surface area (Å²) in [6.07, 6.45) is 1.53.